The highest BCUT2D eigenvalue weighted by atomic mass is 35.5. The number of piperidine rings is 1. The molecule has 1 aromatic rings. The molecule has 3 heteroatoms. The highest BCUT2D eigenvalue weighted by Crippen LogP contribution is 2.32. The van der Waals surface area contributed by atoms with Crippen LogP contribution in [-0.4, -0.2) is 18.9 Å². The van der Waals surface area contributed by atoms with Crippen molar-refractivity contribution in [3.8, 4) is 0 Å². The Morgan fingerprint density at radius 2 is 2.06 bits per heavy atom. The average Bonchev–Trinajstić information content (AvgIpc) is 2.15. The van der Waals surface area contributed by atoms with E-state index in [1.165, 1.54) is 0 Å². The fourth-order valence-corrected chi connectivity index (χ4v) is 2.78. The SMILES string of the molecule is Cc1cc(C)c(N2CCCC(=O)C2)c(Cl)c1. The number of carbonyl (C=O) groups is 1. The van der Waals surface area contributed by atoms with E-state index in [9.17, 15) is 4.79 Å². The molecule has 0 atom stereocenters. The lowest BCUT2D eigenvalue weighted by atomic mass is 10.1. The molecule has 16 heavy (non-hydrogen) atoms. The summed E-state index contributed by atoms with van der Waals surface area (Å²) in [7, 11) is 0. The highest BCUT2D eigenvalue weighted by Gasteiger charge is 2.20. The summed E-state index contributed by atoms with van der Waals surface area (Å²) < 4.78 is 0. The lowest BCUT2D eigenvalue weighted by Gasteiger charge is -2.30. The van der Waals surface area contributed by atoms with Crippen LogP contribution in [0.5, 0.6) is 0 Å². The van der Waals surface area contributed by atoms with Gasteiger partial charge < -0.3 is 4.90 Å². The molecular weight excluding hydrogens is 222 g/mol. The first-order chi connectivity index (χ1) is 7.58. The van der Waals surface area contributed by atoms with Crippen molar-refractivity contribution in [1.29, 1.82) is 0 Å². The highest BCUT2D eigenvalue weighted by molar-refractivity contribution is 6.33. The summed E-state index contributed by atoms with van der Waals surface area (Å²) in [6.45, 7) is 5.51. The minimum Gasteiger partial charge on any atom is -0.363 e. The molecule has 0 saturated carbocycles. The van der Waals surface area contributed by atoms with Crippen LogP contribution in [0.4, 0.5) is 5.69 Å². The van der Waals surface area contributed by atoms with E-state index in [0.29, 0.717) is 18.7 Å². The quantitative estimate of drug-likeness (QED) is 0.748. The van der Waals surface area contributed by atoms with E-state index in [-0.39, 0.29) is 0 Å². The predicted molar refractivity (Wildman–Crippen MR) is 67.4 cm³/mol. The Labute approximate surface area is 101 Å². The van der Waals surface area contributed by atoms with Crippen molar-refractivity contribution in [2.75, 3.05) is 18.0 Å². The van der Waals surface area contributed by atoms with Crippen LogP contribution in [0.25, 0.3) is 0 Å². The van der Waals surface area contributed by atoms with Gasteiger partial charge in [-0.05, 0) is 37.5 Å². The molecule has 0 aromatic heterocycles. The number of nitrogens with zero attached hydrogens (tertiary/aromatic N) is 1. The van der Waals surface area contributed by atoms with Gasteiger partial charge in [-0.3, -0.25) is 4.79 Å². The van der Waals surface area contributed by atoms with E-state index in [0.717, 1.165) is 34.8 Å². The Morgan fingerprint density at radius 1 is 1.31 bits per heavy atom. The van der Waals surface area contributed by atoms with Crippen LogP contribution < -0.4 is 4.90 Å². The Hall–Kier alpha value is -1.02. The van der Waals surface area contributed by atoms with Gasteiger partial charge in [-0.2, -0.15) is 0 Å². The van der Waals surface area contributed by atoms with Gasteiger partial charge in [0.25, 0.3) is 0 Å². The van der Waals surface area contributed by atoms with Crippen LogP contribution in [0.2, 0.25) is 5.02 Å². The first kappa shape index (κ1) is 11.5. The maximum absolute atomic E-state index is 11.5. The van der Waals surface area contributed by atoms with E-state index < -0.39 is 0 Å². The summed E-state index contributed by atoms with van der Waals surface area (Å²) in [5.74, 6) is 0.308. The van der Waals surface area contributed by atoms with Gasteiger partial charge >= 0.3 is 0 Å². The monoisotopic (exact) mass is 237 g/mol. The molecule has 0 bridgehead atoms. The second-order valence-corrected chi connectivity index (χ2v) is 4.88. The normalized spacial score (nSPS) is 16.7. The van der Waals surface area contributed by atoms with Crippen LogP contribution in [0.3, 0.4) is 0 Å². The van der Waals surface area contributed by atoms with E-state index >= 15 is 0 Å². The molecule has 1 heterocycles. The number of Topliss-reactive ketones (excluding diaryl/α,β-unsaturated/α-hetero) is 1. The van der Waals surface area contributed by atoms with Crippen molar-refractivity contribution in [3.63, 3.8) is 0 Å². The molecule has 1 aliphatic heterocycles. The molecule has 1 saturated heterocycles. The van der Waals surface area contributed by atoms with Gasteiger partial charge in [0.2, 0.25) is 0 Å². The van der Waals surface area contributed by atoms with E-state index in [4.69, 9.17) is 11.6 Å². The molecule has 0 spiro atoms. The third kappa shape index (κ3) is 2.22. The van der Waals surface area contributed by atoms with Gasteiger partial charge in [0.05, 0.1) is 17.3 Å². The molecule has 1 fully saturated rings. The van der Waals surface area contributed by atoms with Crippen LogP contribution in [0.1, 0.15) is 24.0 Å². The Morgan fingerprint density at radius 3 is 2.69 bits per heavy atom. The zero-order valence-corrected chi connectivity index (χ0v) is 10.5. The van der Waals surface area contributed by atoms with Gasteiger partial charge in [0.15, 0.2) is 5.78 Å². The fourth-order valence-electron chi connectivity index (χ4n) is 2.34. The molecule has 2 rings (SSSR count). The summed E-state index contributed by atoms with van der Waals surface area (Å²) in [4.78, 5) is 13.6. The van der Waals surface area contributed by atoms with E-state index in [1.54, 1.807) is 0 Å². The molecule has 0 radical (unpaired) electrons. The predicted octanol–water partition coefficient (Wildman–Crippen LogP) is 3.13. The standard InChI is InChI=1S/C13H16ClNO/c1-9-6-10(2)13(12(14)7-9)15-5-3-4-11(16)8-15/h6-7H,3-5,8H2,1-2H3. The van der Waals surface area contributed by atoms with Crippen LogP contribution in [0, 0.1) is 13.8 Å². The van der Waals surface area contributed by atoms with Crippen molar-refractivity contribution in [2.45, 2.75) is 26.7 Å². The van der Waals surface area contributed by atoms with Gasteiger partial charge in [-0.25, -0.2) is 0 Å². The molecule has 86 valence electrons. The summed E-state index contributed by atoms with van der Waals surface area (Å²) in [5, 5.41) is 0.757. The minimum atomic E-state index is 0.308. The number of anilines is 1. The number of carbonyl (C=O) groups excluding carboxylic acids is 1. The number of halogens is 1. The lowest BCUT2D eigenvalue weighted by molar-refractivity contribution is -0.118. The van der Waals surface area contributed by atoms with Gasteiger partial charge in [0.1, 0.15) is 0 Å². The Balaban J connectivity index is 2.35. The number of benzene rings is 1. The third-order valence-electron chi connectivity index (χ3n) is 2.97. The van der Waals surface area contributed by atoms with E-state index in [2.05, 4.69) is 11.0 Å². The first-order valence-corrected chi connectivity index (χ1v) is 5.99. The lowest BCUT2D eigenvalue weighted by Crippen LogP contribution is -2.36. The summed E-state index contributed by atoms with van der Waals surface area (Å²) >= 11 is 6.26. The van der Waals surface area contributed by atoms with Crippen molar-refractivity contribution >= 4 is 23.1 Å². The average molecular weight is 238 g/mol. The molecule has 0 N–H and O–H groups in total. The van der Waals surface area contributed by atoms with Gasteiger partial charge in [0, 0.05) is 13.0 Å². The van der Waals surface area contributed by atoms with Crippen molar-refractivity contribution in [3.05, 3.63) is 28.3 Å². The third-order valence-corrected chi connectivity index (χ3v) is 3.25. The zero-order chi connectivity index (χ0) is 11.7. The Bertz CT molecular complexity index is 405. The smallest absolute Gasteiger partial charge is 0.152 e. The fraction of sp³-hybridized carbons (Fsp3) is 0.462. The largest absolute Gasteiger partial charge is 0.363 e. The zero-order valence-electron chi connectivity index (χ0n) is 9.72. The van der Waals surface area contributed by atoms with Crippen LogP contribution in [0.15, 0.2) is 12.1 Å². The second-order valence-electron chi connectivity index (χ2n) is 4.48. The molecule has 2 nitrogen and oxygen atoms in total. The molecule has 1 aromatic carbocycles. The maximum Gasteiger partial charge on any atom is 0.152 e. The van der Waals surface area contributed by atoms with E-state index in [1.807, 2.05) is 19.9 Å². The molecule has 1 aliphatic rings. The maximum atomic E-state index is 11.5. The first-order valence-electron chi connectivity index (χ1n) is 5.61. The van der Waals surface area contributed by atoms with Crippen LogP contribution in [-0.2, 0) is 4.79 Å². The number of rotatable bonds is 1. The summed E-state index contributed by atoms with van der Waals surface area (Å²) in [6.07, 6.45) is 1.64. The summed E-state index contributed by atoms with van der Waals surface area (Å²) in [5.41, 5.74) is 3.34. The molecular formula is C13H16ClNO. The van der Waals surface area contributed by atoms with Crippen molar-refractivity contribution in [1.82, 2.24) is 0 Å². The number of ketones is 1. The topological polar surface area (TPSA) is 20.3 Å². The molecule has 0 amide bonds. The van der Waals surface area contributed by atoms with Crippen molar-refractivity contribution in [2.24, 2.45) is 0 Å². The molecule has 0 unspecified atom stereocenters. The van der Waals surface area contributed by atoms with Gasteiger partial charge in [-0.15, -0.1) is 0 Å². The number of aryl methyl sites for hydroxylation is 2. The Kier molecular flexibility index (Phi) is 3.20. The second kappa shape index (κ2) is 4.46. The molecule has 0 aliphatic carbocycles. The van der Waals surface area contributed by atoms with Crippen LogP contribution >= 0.6 is 11.6 Å². The number of hydrogen-bond donors (Lipinski definition) is 0. The summed E-state index contributed by atoms with van der Waals surface area (Å²) in [6, 6.07) is 4.07. The van der Waals surface area contributed by atoms with Crippen molar-refractivity contribution < 1.29 is 4.79 Å². The number of hydrogen-bond acceptors (Lipinski definition) is 2. The minimum absolute atomic E-state index is 0.308. The van der Waals surface area contributed by atoms with Gasteiger partial charge in [-0.1, -0.05) is 17.7 Å².